The molecule has 2 aliphatic heterocycles. The van der Waals surface area contributed by atoms with Crippen molar-refractivity contribution in [3.63, 3.8) is 0 Å². The molecule has 4 rings (SSSR count). The van der Waals surface area contributed by atoms with E-state index < -0.39 is 0 Å². The average Bonchev–Trinajstić information content (AvgIpc) is 3.27. The van der Waals surface area contributed by atoms with E-state index in [9.17, 15) is 9.59 Å². The lowest BCUT2D eigenvalue weighted by Crippen LogP contribution is -2.51. The van der Waals surface area contributed by atoms with Gasteiger partial charge in [0.1, 0.15) is 6.04 Å². The monoisotopic (exact) mass is 485 g/mol. The smallest absolute Gasteiger partial charge is 0.238 e. The topological polar surface area (TPSA) is 85.5 Å². The highest BCUT2D eigenvalue weighted by Crippen LogP contribution is 2.24. The van der Waals surface area contributed by atoms with Gasteiger partial charge in [-0.2, -0.15) is 0 Å². The summed E-state index contributed by atoms with van der Waals surface area (Å²) in [6.45, 7) is 1.97. The van der Waals surface area contributed by atoms with Gasteiger partial charge in [0.25, 0.3) is 0 Å². The number of carbonyl (C=O) groups excluding carboxylic acids is 2. The van der Waals surface area contributed by atoms with Gasteiger partial charge < -0.3 is 10.6 Å². The molecule has 0 aromatic heterocycles. The maximum absolute atomic E-state index is 12.7. The summed E-state index contributed by atoms with van der Waals surface area (Å²) in [5.41, 5.74) is 8.33. The van der Waals surface area contributed by atoms with Crippen molar-refractivity contribution >= 4 is 33.4 Å². The Labute approximate surface area is 191 Å². The molecule has 7 nitrogen and oxygen atoms in total. The Kier molecular flexibility index (Phi) is 7.34. The third-order valence-electron chi connectivity index (χ3n) is 5.85. The summed E-state index contributed by atoms with van der Waals surface area (Å²) in [4.78, 5) is 27.1. The molecule has 4 N–H and O–H groups in total. The fraction of sp³-hybridized carbons (Fsp3) is 0.391. The number of piperidine rings is 1. The van der Waals surface area contributed by atoms with Gasteiger partial charge in [-0.05, 0) is 49.1 Å². The minimum atomic E-state index is -0.247. The van der Waals surface area contributed by atoms with Crippen LogP contribution in [-0.2, 0) is 9.59 Å². The third-order valence-corrected chi connectivity index (χ3v) is 6.38. The van der Waals surface area contributed by atoms with Crippen molar-refractivity contribution in [2.75, 3.05) is 25.0 Å². The van der Waals surface area contributed by atoms with E-state index in [1.165, 1.54) is 0 Å². The molecule has 2 saturated heterocycles. The molecular weight excluding hydrogens is 458 g/mol. The van der Waals surface area contributed by atoms with Gasteiger partial charge in [0, 0.05) is 35.3 Å². The predicted molar refractivity (Wildman–Crippen MR) is 124 cm³/mol. The lowest BCUT2D eigenvalue weighted by atomic mass is 10.0. The number of para-hydroxylation sites is 1. The first-order valence-electron chi connectivity index (χ1n) is 10.7. The molecule has 0 bridgehead atoms. The molecule has 8 heteroatoms. The highest BCUT2D eigenvalue weighted by Gasteiger charge is 2.32. The molecule has 2 aromatic rings. The second kappa shape index (κ2) is 10.4. The number of anilines is 1. The lowest BCUT2D eigenvalue weighted by Gasteiger charge is -2.32. The zero-order chi connectivity index (χ0) is 21.6. The Balaban J connectivity index is 1.18. The molecule has 0 radical (unpaired) electrons. The molecule has 0 aliphatic carbocycles. The quantitative estimate of drug-likeness (QED) is 0.505. The van der Waals surface area contributed by atoms with Crippen LogP contribution in [0.5, 0.6) is 0 Å². The van der Waals surface area contributed by atoms with Crippen molar-refractivity contribution in [2.45, 2.75) is 37.4 Å². The number of rotatable bonds is 6. The first-order valence-corrected chi connectivity index (χ1v) is 11.5. The van der Waals surface area contributed by atoms with Crippen LogP contribution in [0, 0.1) is 0 Å². The van der Waals surface area contributed by atoms with Gasteiger partial charge in [0.05, 0.1) is 6.54 Å². The van der Waals surface area contributed by atoms with Crippen LogP contribution in [0.1, 0.15) is 30.9 Å². The molecule has 2 aromatic carbocycles. The normalized spacial score (nSPS) is 22.2. The Morgan fingerprint density at radius 1 is 1.00 bits per heavy atom. The number of halogens is 1. The van der Waals surface area contributed by atoms with E-state index in [-0.39, 0.29) is 29.9 Å². The molecular formula is C23H28BrN5O2. The van der Waals surface area contributed by atoms with E-state index in [4.69, 9.17) is 0 Å². The molecule has 2 heterocycles. The van der Waals surface area contributed by atoms with Gasteiger partial charge >= 0.3 is 0 Å². The van der Waals surface area contributed by atoms with Crippen LogP contribution < -0.4 is 21.5 Å². The summed E-state index contributed by atoms with van der Waals surface area (Å²) < 4.78 is 1.04. The fourth-order valence-corrected chi connectivity index (χ4v) is 4.37. The molecule has 0 saturated carbocycles. The minimum absolute atomic E-state index is 0.00565. The standard InChI is InChI=1S/C23H28BrN5O2/c24-17-8-6-16(7-9-17)20-14-21(28-27-20)23(31)26-19-10-12-29(13-11-19)15-22(30)25-18-4-2-1-3-5-18/h1-9,19-21,27-28H,10-15H2,(H,25,30)(H,26,31). The van der Waals surface area contributed by atoms with Gasteiger partial charge in [-0.3, -0.25) is 14.5 Å². The van der Waals surface area contributed by atoms with Crippen molar-refractivity contribution in [3.8, 4) is 0 Å². The molecule has 2 amide bonds. The van der Waals surface area contributed by atoms with E-state index in [2.05, 4.69) is 54.4 Å². The van der Waals surface area contributed by atoms with Crippen LogP contribution in [-0.4, -0.2) is 48.4 Å². The minimum Gasteiger partial charge on any atom is -0.352 e. The largest absolute Gasteiger partial charge is 0.352 e. The first kappa shape index (κ1) is 22.0. The van der Waals surface area contributed by atoms with E-state index in [0.29, 0.717) is 13.0 Å². The number of carbonyl (C=O) groups is 2. The maximum Gasteiger partial charge on any atom is 0.238 e. The highest BCUT2D eigenvalue weighted by molar-refractivity contribution is 9.10. The zero-order valence-electron chi connectivity index (χ0n) is 17.3. The molecule has 2 fully saturated rings. The molecule has 0 spiro atoms. The van der Waals surface area contributed by atoms with Crippen LogP contribution >= 0.6 is 15.9 Å². The lowest BCUT2D eigenvalue weighted by molar-refractivity contribution is -0.124. The summed E-state index contributed by atoms with van der Waals surface area (Å²) in [7, 11) is 0. The zero-order valence-corrected chi connectivity index (χ0v) is 18.9. The third kappa shape index (κ3) is 6.13. The van der Waals surface area contributed by atoms with Crippen molar-refractivity contribution in [2.24, 2.45) is 0 Å². The van der Waals surface area contributed by atoms with Crippen molar-refractivity contribution in [1.29, 1.82) is 0 Å². The van der Waals surface area contributed by atoms with Gasteiger partial charge in [-0.1, -0.05) is 46.3 Å². The maximum atomic E-state index is 12.7. The first-order chi connectivity index (χ1) is 15.1. The van der Waals surface area contributed by atoms with Crippen LogP contribution in [0.2, 0.25) is 0 Å². The molecule has 2 unspecified atom stereocenters. The van der Waals surface area contributed by atoms with Crippen molar-refractivity contribution in [1.82, 2.24) is 21.1 Å². The van der Waals surface area contributed by atoms with E-state index in [1.807, 2.05) is 42.5 Å². The number of nitrogens with one attached hydrogen (secondary N) is 4. The van der Waals surface area contributed by atoms with Gasteiger partial charge in [0.2, 0.25) is 11.8 Å². The summed E-state index contributed by atoms with van der Waals surface area (Å²) in [5.74, 6) is 0.0290. The van der Waals surface area contributed by atoms with Crippen LogP contribution in [0.15, 0.2) is 59.1 Å². The SMILES string of the molecule is O=C(CN1CCC(NC(=O)C2CC(c3ccc(Br)cc3)NN2)CC1)Nc1ccccc1. The van der Waals surface area contributed by atoms with E-state index >= 15 is 0 Å². The summed E-state index contributed by atoms with van der Waals surface area (Å²) >= 11 is 3.45. The number of likely N-dealkylation sites (tertiary alicyclic amines) is 1. The fourth-order valence-electron chi connectivity index (χ4n) is 4.10. The number of hydrazine groups is 1. The number of hydrogen-bond acceptors (Lipinski definition) is 5. The van der Waals surface area contributed by atoms with E-state index in [0.717, 1.165) is 41.7 Å². The summed E-state index contributed by atoms with van der Waals surface area (Å²) in [5, 5.41) is 6.10. The average molecular weight is 486 g/mol. The Morgan fingerprint density at radius 3 is 2.42 bits per heavy atom. The second-order valence-electron chi connectivity index (χ2n) is 8.15. The predicted octanol–water partition coefficient (Wildman–Crippen LogP) is 2.58. The van der Waals surface area contributed by atoms with E-state index in [1.54, 1.807) is 0 Å². The number of amides is 2. The number of benzene rings is 2. The highest BCUT2D eigenvalue weighted by atomic mass is 79.9. The van der Waals surface area contributed by atoms with Gasteiger partial charge in [-0.15, -0.1) is 0 Å². The number of hydrogen-bond donors (Lipinski definition) is 4. The van der Waals surface area contributed by atoms with Crippen LogP contribution in [0.3, 0.4) is 0 Å². The van der Waals surface area contributed by atoms with Crippen molar-refractivity contribution in [3.05, 3.63) is 64.6 Å². The number of nitrogens with zero attached hydrogens (tertiary/aromatic N) is 1. The Hall–Kier alpha value is -2.26. The molecule has 31 heavy (non-hydrogen) atoms. The van der Waals surface area contributed by atoms with Crippen LogP contribution in [0.4, 0.5) is 5.69 Å². The molecule has 2 aliphatic rings. The molecule has 2 atom stereocenters. The van der Waals surface area contributed by atoms with Crippen LogP contribution in [0.25, 0.3) is 0 Å². The van der Waals surface area contributed by atoms with Crippen molar-refractivity contribution < 1.29 is 9.59 Å². The Morgan fingerprint density at radius 2 is 1.71 bits per heavy atom. The second-order valence-corrected chi connectivity index (χ2v) is 9.07. The molecule has 164 valence electrons. The van der Waals surface area contributed by atoms with Gasteiger partial charge in [-0.25, -0.2) is 10.9 Å². The summed E-state index contributed by atoms with van der Waals surface area (Å²) in [6.07, 6.45) is 2.41. The summed E-state index contributed by atoms with van der Waals surface area (Å²) in [6, 6.07) is 17.7. The van der Waals surface area contributed by atoms with Gasteiger partial charge in [0.15, 0.2) is 0 Å². The Bertz CT molecular complexity index is 885.